The first-order chi connectivity index (χ1) is 10.2. The minimum Gasteiger partial charge on any atom is -0.338 e. The molecule has 1 aromatic rings. The lowest BCUT2D eigenvalue weighted by Crippen LogP contribution is -2.50. The topological polar surface area (TPSA) is 49.3 Å². The van der Waals surface area contributed by atoms with Crippen molar-refractivity contribution >= 4 is 17.8 Å². The van der Waals surface area contributed by atoms with Crippen LogP contribution in [0.5, 0.6) is 0 Å². The molecule has 5 nitrogen and oxygen atoms in total. The molecule has 0 atom stereocenters. The van der Waals surface area contributed by atoms with Crippen molar-refractivity contribution in [3.63, 3.8) is 0 Å². The van der Waals surface area contributed by atoms with Crippen molar-refractivity contribution in [3.8, 4) is 0 Å². The van der Waals surface area contributed by atoms with Gasteiger partial charge in [-0.05, 0) is 30.6 Å². The van der Waals surface area contributed by atoms with Crippen LogP contribution in [0.1, 0.15) is 12.0 Å². The van der Waals surface area contributed by atoms with E-state index in [1.165, 1.54) is 6.08 Å². The minimum atomic E-state index is 0.0228. The molecule has 0 bridgehead atoms. The van der Waals surface area contributed by atoms with E-state index >= 15 is 0 Å². The molecule has 2 aliphatic heterocycles. The van der Waals surface area contributed by atoms with Gasteiger partial charge in [0.2, 0.25) is 5.91 Å². The van der Waals surface area contributed by atoms with Crippen LogP contribution in [0.2, 0.25) is 0 Å². The summed E-state index contributed by atoms with van der Waals surface area (Å²) < 4.78 is 0. The van der Waals surface area contributed by atoms with Gasteiger partial charge in [-0.1, -0.05) is 13.2 Å². The van der Waals surface area contributed by atoms with Crippen LogP contribution in [0.3, 0.4) is 0 Å². The van der Waals surface area contributed by atoms with Gasteiger partial charge in [0.05, 0.1) is 0 Å². The van der Waals surface area contributed by atoms with Crippen LogP contribution < -0.4 is 4.90 Å². The maximum atomic E-state index is 11.4. The number of allylic oxidation sites excluding steroid dienone is 1. The molecule has 1 amide bonds. The summed E-state index contributed by atoms with van der Waals surface area (Å²) in [5.74, 6) is 1.48. The first kappa shape index (κ1) is 13.5. The minimum absolute atomic E-state index is 0.0228. The molecule has 1 saturated heterocycles. The summed E-state index contributed by atoms with van der Waals surface area (Å²) in [7, 11) is 0. The summed E-state index contributed by atoms with van der Waals surface area (Å²) in [5.41, 5.74) is 1.96. The quantitative estimate of drug-likeness (QED) is 0.791. The van der Waals surface area contributed by atoms with Crippen molar-refractivity contribution in [3.05, 3.63) is 49.1 Å². The third-order valence-electron chi connectivity index (χ3n) is 3.98. The first-order valence-corrected chi connectivity index (χ1v) is 7.05. The van der Waals surface area contributed by atoms with Crippen LogP contribution in [0.25, 0.3) is 6.08 Å². The van der Waals surface area contributed by atoms with E-state index in [0.29, 0.717) is 5.92 Å². The lowest BCUT2D eigenvalue weighted by molar-refractivity contribution is -0.132. The van der Waals surface area contributed by atoms with Gasteiger partial charge in [0.25, 0.3) is 0 Å². The standard InChI is InChI=1S/C16H18N4O/c1-3-15(21)19-9-13(10-19)6-7-20-12(2)4-5-14-8-17-11-18-16(14)20/h3-5,8,11,13H,1-2,6-7,9-10H2. The average Bonchev–Trinajstić information content (AvgIpc) is 2.47. The predicted molar refractivity (Wildman–Crippen MR) is 82.4 cm³/mol. The van der Waals surface area contributed by atoms with Gasteiger partial charge in [-0.2, -0.15) is 0 Å². The molecule has 3 heterocycles. The Hall–Kier alpha value is -2.43. The van der Waals surface area contributed by atoms with Crippen molar-refractivity contribution < 1.29 is 4.79 Å². The number of anilines is 1. The van der Waals surface area contributed by atoms with E-state index in [2.05, 4.69) is 28.0 Å². The molecule has 3 rings (SSSR count). The third kappa shape index (κ3) is 2.59. The molecular weight excluding hydrogens is 264 g/mol. The van der Waals surface area contributed by atoms with Gasteiger partial charge in [-0.3, -0.25) is 4.79 Å². The van der Waals surface area contributed by atoms with Crippen LogP contribution in [-0.4, -0.2) is 40.4 Å². The molecular formula is C16H18N4O. The SMILES string of the molecule is C=CC(=O)N1CC(CCN2C(=C)C=Cc3cncnc32)C1. The first-order valence-electron chi connectivity index (χ1n) is 7.05. The van der Waals surface area contributed by atoms with Gasteiger partial charge in [0.1, 0.15) is 12.1 Å². The number of carbonyl (C=O) groups excluding carboxylic acids is 1. The lowest BCUT2D eigenvalue weighted by Gasteiger charge is -2.40. The fourth-order valence-electron chi connectivity index (χ4n) is 2.71. The van der Waals surface area contributed by atoms with Gasteiger partial charge < -0.3 is 9.80 Å². The number of nitrogens with zero attached hydrogens (tertiary/aromatic N) is 4. The lowest BCUT2D eigenvalue weighted by atomic mass is 9.95. The highest BCUT2D eigenvalue weighted by atomic mass is 16.2. The van der Waals surface area contributed by atoms with Crippen molar-refractivity contribution in [1.29, 1.82) is 0 Å². The molecule has 5 heteroatoms. The number of fused-ring (bicyclic) bond motifs is 1. The Morgan fingerprint density at radius 1 is 1.43 bits per heavy atom. The Morgan fingerprint density at radius 2 is 2.24 bits per heavy atom. The summed E-state index contributed by atoms with van der Waals surface area (Å²) in [4.78, 5) is 23.8. The van der Waals surface area contributed by atoms with Crippen molar-refractivity contribution in [2.75, 3.05) is 24.5 Å². The summed E-state index contributed by atoms with van der Waals surface area (Å²) in [6, 6.07) is 0. The Morgan fingerprint density at radius 3 is 3.00 bits per heavy atom. The zero-order valence-electron chi connectivity index (χ0n) is 11.9. The van der Waals surface area contributed by atoms with Gasteiger partial charge in [-0.15, -0.1) is 0 Å². The molecule has 0 aromatic carbocycles. The maximum Gasteiger partial charge on any atom is 0.245 e. The summed E-state index contributed by atoms with van der Waals surface area (Å²) in [5, 5.41) is 0. The molecule has 0 N–H and O–H groups in total. The highest BCUT2D eigenvalue weighted by Crippen LogP contribution is 2.29. The van der Waals surface area contributed by atoms with E-state index in [1.54, 1.807) is 6.33 Å². The van der Waals surface area contributed by atoms with Crippen molar-refractivity contribution in [1.82, 2.24) is 14.9 Å². The third-order valence-corrected chi connectivity index (χ3v) is 3.98. The molecule has 0 spiro atoms. The van der Waals surface area contributed by atoms with E-state index in [0.717, 1.165) is 43.1 Å². The molecule has 0 aliphatic carbocycles. The zero-order valence-corrected chi connectivity index (χ0v) is 11.9. The Kier molecular flexibility index (Phi) is 3.56. The van der Waals surface area contributed by atoms with Gasteiger partial charge in [-0.25, -0.2) is 9.97 Å². The van der Waals surface area contributed by atoms with Gasteiger partial charge in [0, 0.05) is 37.1 Å². The molecule has 21 heavy (non-hydrogen) atoms. The maximum absolute atomic E-state index is 11.4. The van der Waals surface area contributed by atoms with E-state index in [1.807, 2.05) is 23.2 Å². The normalized spacial score (nSPS) is 17.4. The van der Waals surface area contributed by atoms with Crippen molar-refractivity contribution in [2.45, 2.75) is 6.42 Å². The van der Waals surface area contributed by atoms with Crippen LogP contribution in [0.4, 0.5) is 5.82 Å². The smallest absolute Gasteiger partial charge is 0.245 e. The number of aromatic nitrogens is 2. The second-order valence-corrected chi connectivity index (χ2v) is 5.38. The number of rotatable bonds is 4. The van der Waals surface area contributed by atoms with Crippen LogP contribution in [-0.2, 0) is 4.79 Å². The molecule has 0 unspecified atom stereocenters. The second kappa shape index (κ2) is 5.52. The van der Waals surface area contributed by atoms with Gasteiger partial charge in [0.15, 0.2) is 0 Å². The number of hydrogen-bond donors (Lipinski definition) is 0. The number of hydrogen-bond acceptors (Lipinski definition) is 4. The van der Waals surface area contributed by atoms with Crippen molar-refractivity contribution in [2.24, 2.45) is 5.92 Å². The fourth-order valence-corrected chi connectivity index (χ4v) is 2.71. The molecule has 1 fully saturated rings. The molecule has 0 radical (unpaired) electrons. The number of amides is 1. The highest BCUT2D eigenvalue weighted by Gasteiger charge is 2.30. The van der Waals surface area contributed by atoms with Gasteiger partial charge >= 0.3 is 0 Å². The predicted octanol–water partition coefficient (Wildman–Crippen LogP) is 1.86. The molecule has 108 valence electrons. The summed E-state index contributed by atoms with van der Waals surface area (Å²) in [6.07, 6.45) is 9.73. The van der Waals surface area contributed by atoms with E-state index < -0.39 is 0 Å². The Labute approximate surface area is 124 Å². The number of likely N-dealkylation sites (tertiary alicyclic amines) is 1. The molecule has 1 aromatic heterocycles. The molecule has 2 aliphatic rings. The number of carbonyl (C=O) groups is 1. The monoisotopic (exact) mass is 282 g/mol. The molecule has 0 saturated carbocycles. The van der Waals surface area contributed by atoms with E-state index in [9.17, 15) is 4.79 Å². The highest BCUT2D eigenvalue weighted by molar-refractivity contribution is 5.87. The Bertz CT molecular complexity index is 616. The average molecular weight is 282 g/mol. The second-order valence-electron chi connectivity index (χ2n) is 5.38. The fraction of sp³-hybridized carbons (Fsp3) is 0.312. The zero-order chi connectivity index (χ0) is 14.8. The summed E-state index contributed by atoms with van der Waals surface area (Å²) in [6.45, 7) is 10.1. The Balaban J connectivity index is 1.59. The van der Waals surface area contributed by atoms with Crippen LogP contribution in [0, 0.1) is 5.92 Å². The largest absolute Gasteiger partial charge is 0.338 e. The van der Waals surface area contributed by atoms with Crippen LogP contribution in [0.15, 0.2) is 43.5 Å². The van der Waals surface area contributed by atoms with E-state index in [4.69, 9.17) is 0 Å². The van der Waals surface area contributed by atoms with E-state index in [-0.39, 0.29) is 5.91 Å². The summed E-state index contributed by atoms with van der Waals surface area (Å²) >= 11 is 0. The van der Waals surface area contributed by atoms with Crippen LogP contribution >= 0.6 is 0 Å².